The van der Waals surface area contributed by atoms with Gasteiger partial charge in [-0.2, -0.15) is 5.10 Å². The van der Waals surface area contributed by atoms with Gasteiger partial charge in [0.25, 0.3) is 5.56 Å². The number of aromatic nitrogens is 2. The molecule has 0 bridgehead atoms. The molecule has 0 radical (unpaired) electrons. The Balaban J connectivity index is 1.86. The molecule has 2 atom stereocenters. The number of nitrogens with zero attached hydrogens (tertiary/aromatic N) is 3. The van der Waals surface area contributed by atoms with Crippen LogP contribution in [0.4, 0.5) is 0 Å². The number of rotatable bonds is 4. The summed E-state index contributed by atoms with van der Waals surface area (Å²) in [5.41, 5.74) is 1.25. The highest BCUT2D eigenvalue weighted by Crippen LogP contribution is 2.21. The summed E-state index contributed by atoms with van der Waals surface area (Å²) in [6.07, 6.45) is 2.15. The lowest BCUT2D eigenvalue weighted by Gasteiger charge is -2.32. The lowest BCUT2D eigenvalue weighted by molar-refractivity contribution is -0.136. The number of ether oxygens (including phenoxy) is 1. The van der Waals surface area contributed by atoms with Crippen molar-refractivity contribution < 1.29 is 9.53 Å². The normalized spacial score (nSPS) is 18.4. The fourth-order valence-corrected chi connectivity index (χ4v) is 3.38. The topological polar surface area (TPSA) is 64.4 Å². The van der Waals surface area contributed by atoms with E-state index in [-0.39, 0.29) is 11.5 Å². The molecule has 0 aliphatic carbocycles. The van der Waals surface area contributed by atoms with Gasteiger partial charge in [0, 0.05) is 24.7 Å². The van der Waals surface area contributed by atoms with Crippen LogP contribution in [0.15, 0.2) is 41.2 Å². The summed E-state index contributed by atoms with van der Waals surface area (Å²) in [6, 6.07) is 9.98. The zero-order chi connectivity index (χ0) is 18.7. The summed E-state index contributed by atoms with van der Waals surface area (Å²) < 4.78 is 6.46. The fourth-order valence-electron chi connectivity index (χ4n) is 3.38. The van der Waals surface area contributed by atoms with Crippen molar-refractivity contribution in [1.82, 2.24) is 14.7 Å². The van der Waals surface area contributed by atoms with Crippen molar-refractivity contribution in [1.29, 1.82) is 0 Å². The lowest BCUT2D eigenvalue weighted by atomic mass is 10.00. The molecule has 1 amide bonds. The highest BCUT2D eigenvalue weighted by molar-refractivity contribution is 5.80. The van der Waals surface area contributed by atoms with Crippen LogP contribution in [0.25, 0.3) is 11.3 Å². The first kappa shape index (κ1) is 18.2. The molecular formula is C20H25N3O3. The molecule has 2 heterocycles. The van der Waals surface area contributed by atoms with Crippen LogP contribution in [0.5, 0.6) is 5.75 Å². The second-order valence-corrected chi connectivity index (χ2v) is 6.94. The van der Waals surface area contributed by atoms with Crippen LogP contribution in [0.1, 0.15) is 32.7 Å². The highest BCUT2D eigenvalue weighted by Gasteiger charge is 2.27. The minimum Gasteiger partial charge on any atom is -0.497 e. The van der Waals surface area contributed by atoms with Gasteiger partial charge in [0.1, 0.15) is 11.8 Å². The maximum absolute atomic E-state index is 12.8. The van der Waals surface area contributed by atoms with E-state index < -0.39 is 6.04 Å². The first-order valence-corrected chi connectivity index (χ1v) is 9.02. The minimum atomic E-state index is -0.619. The van der Waals surface area contributed by atoms with Gasteiger partial charge in [0.2, 0.25) is 5.91 Å². The van der Waals surface area contributed by atoms with Crippen LogP contribution in [-0.4, -0.2) is 40.8 Å². The van der Waals surface area contributed by atoms with Crippen molar-refractivity contribution >= 4 is 5.91 Å². The molecule has 0 spiro atoms. The summed E-state index contributed by atoms with van der Waals surface area (Å²) in [5.74, 6) is 1.21. The van der Waals surface area contributed by atoms with Crippen molar-refractivity contribution in [3.63, 3.8) is 0 Å². The van der Waals surface area contributed by atoms with Crippen LogP contribution in [0.3, 0.4) is 0 Å². The van der Waals surface area contributed by atoms with Crippen molar-refractivity contribution in [3.8, 4) is 17.0 Å². The van der Waals surface area contributed by atoms with E-state index in [4.69, 9.17) is 4.74 Å². The van der Waals surface area contributed by atoms with E-state index in [2.05, 4.69) is 12.0 Å². The van der Waals surface area contributed by atoms with Crippen LogP contribution < -0.4 is 10.3 Å². The maximum Gasteiger partial charge on any atom is 0.267 e. The van der Waals surface area contributed by atoms with Crippen LogP contribution in [-0.2, 0) is 4.79 Å². The second-order valence-electron chi connectivity index (χ2n) is 6.94. The fraction of sp³-hybridized carbons (Fsp3) is 0.450. The zero-order valence-corrected chi connectivity index (χ0v) is 15.5. The van der Waals surface area contributed by atoms with E-state index in [1.807, 2.05) is 29.2 Å². The zero-order valence-electron chi connectivity index (χ0n) is 15.5. The van der Waals surface area contributed by atoms with E-state index in [1.165, 1.54) is 10.7 Å². The van der Waals surface area contributed by atoms with Gasteiger partial charge in [-0.25, -0.2) is 4.68 Å². The SMILES string of the molecule is COc1ccc(-c2ccc(=O)n(C(C)C(=O)N3CCCC(C)C3)n2)cc1. The average Bonchev–Trinajstić information content (AvgIpc) is 2.67. The number of carbonyl (C=O) groups is 1. The highest BCUT2D eigenvalue weighted by atomic mass is 16.5. The molecule has 0 saturated carbocycles. The van der Waals surface area contributed by atoms with Gasteiger partial charge < -0.3 is 9.64 Å². The number of amides is 1. The first-order valence-electron chi connectivity index (χ1n) is 9.02. The largest absolute Gasteiger partial charge is 0.497 e. The molecular weight excluding hydrogens is 330 g/mol. The predicted octanol–water partition coefficient (Wildman–Crippen LogP) is 2.74. The van der Waals surface area contributed by atoms with Crippen LogP contribution in [0, 0.1) is 5.92 Å². The molecule has 6 nitrogen and oxygen atoms in total. The monoisotopic (exact) mass is 355 g/mol. The third kappa shape index (κ3) is 3.79. The molecule has 3 rings (SSSR count). The predicted molar refractivity (Wildman–Crippen MR) is 100 cm³/mol. The smallest absolute Gasteiger partial charge is 0.267 e. The first-order chi connectivity index (χ1) is 12.5. The summed E-state index contributed by atoms with van der Waals surface area (Å²) in [4.78, 5) is 27.0. The standard InChI is InChI=1S/C20H25N3O3/c1-14-5-4-12-22(13-14)20(25)15(2)23-19(24)11-10-18(21-23)16-6-8-17(26-3)9-7-16/h6-11,14-15H,4-5,12-13H2,1-3H3. The Morgan fingerprint density at radius 1 is 1.23 bits per heavy atom. The van der Waals surface area contributed by atoms with Gasteiger partial charge in [-0.1, -0.05) is 6.92 Å². The Morgan fingerprint density at radius 2 is 1.96 bits per heavy atom. The molecule has 2 aromatic rings. The van der Waals surface area contributed by atoms with Crippen LogP contribution in [0.2, 0.25) is 0 Å². The van der Waals surface area contributed by atoms with Gasteiger partial charge in [-0.15, -0.1) is 0 Å². The van der Waals surface area contributed by atoms with E-state index in [0.29, 0.717) is 11.6 Å². The molecule has 1 aliphatic rings. The van der Waals surface area contributed by atoms with Crippen molar-refractivity contribution in [2.75, 3.05) is 20.2 Å². The Morgan fingerprint density at radius 3 is 2.62 bits per heavy atom. The number of benzene rings is 1. The third-order valence-corrected chi connectivity index (χ3v) is 4.90. The van der Waals surface area contributed by atoms with Gasteiger partial charge in [0.15, 0.2) is 0 Å². The van der Waals surface area contributed by atoms with Gasteiger partial charge >= 0.3 is 0 Å². The van der Waals surface area contributed by atoms with Crippen LogP contribution >= 0.6 is 0 Å². The van der Waals surface area contributed by atoms with E-state index in [0.717, 1.165) is 37.2 Å². The Hall–Kier alpha value is -2.63. The molecule has 6 heteroatoms. The second kappa shape index (κ2) is 7.72. The molecule has 0 N–H and O–H groups in total. The lowest BCUT2D eigenvalue weighted by Crippen LogP contribution is -2.44. The molecule has 1 fully saturated rings. The van der Waals surface area contributed by atoms with Crippen molar-refractivity contribution in [2.24, 2.45) is 5.92 Å². The Kier molecular flexibility index (Phi) is 5.40. The summed E-state index contributed by atoms with van der Waals surface area (Å²) in [6.45, 7) is 5.39. The summed E-state index contributed by atoms with van der Waals surface area (Å²) in [7, 11) is 1.61. The van der Waals surface area contributed by atoms with Gasteiger partial charge in [0.05, 0.1) is 12.8 Å². The molecule has 1 saturated heterocycles. The Labute approximate surface area is 153 Å². The number of piperidine rings is 1. The molecule has 1 aromatic heterocycles. The van der Waals surface area contributed by atoms with Gasteiger partial charge in [-0.05, 0) is 56.0 Å². The quantitative estimate of drug-likeness (QED) is 0.846. The number of carbonyl (C=O) groups excluding carboxylic acids is 1. The molecule has 138 valence electrons. The summed E-state index contributed by atoms with van der Waals surface area (Å²) in [5, 5.41) is 4.45. The summed E-state index contributed by atoms with van der Waals surface area (Å²) >= 11 is 0. The van der Waals surface area contributed by atoms with Crippen molar-refractivity contribution in [3.05, 3.63) is 46.8 Å². The Bertz CT molecular complexity index is 829. The number of hydrogen-bond acceptors (Lipinski definition) is 4. The minimum absolute atomic E-state index is 0.0435. The molecule has 1 aliphatic heterocycles. The number of likely N-dealkylation sites (tertiary alicyclic amines) is 1. The molecule has 1 aromatic carbocycles. The maximum atomic E-state index is 12.8. The average molecular weight is 355 g/mol. The van der Waals surface area contributed by atoms with E-state index in [1.54, 1.807) is 20.1 Å². The third-order valence-electron chi connectivity index (χ3n) is 4.90. The molecule has 26 heavy (non-hydrogen) atoms. The van der Waals surface area contributed by atoms with Crippen molar-refractivity contribution in [2.45, 2.75) is 32.7 Å². The van der Waals surface area contributed by atoms with E-state index in [9.17, 15) is 9.59 Å². The molecule has 2 unspecified atom stereocenters. The van der Waals surface area contributed by atoms with Gasteiger partial charge in [-0.3, -0.25) is 9.59 Å². The van der Waals surface area contributed by atoms with E-state index >= 15 is 0 Å². The number of methoxy groups -OCH3 is 1. The number of hydrogen-bond donors (Lipinski definition) is 0.